The Morgan fingerprint density at radius 3 is 2.55 bits per heavy atom. The minimum atomic E-state index is -1.21. The molecule has 0 aliphatic rings. The predicted molar refractivity (Wildman–Crippen MR) is 85.7 cm³/mol. The zero-order chi connectivity index (χ0) is 16.9. The van der Waals surface area contributed by atoms with Crippen LogP contribution in [0.5, 0.6) is 0 Å². The number of carbonyl (C=O) groups excluding carboxylic acids is 1. The molecule has 3 N–H and O–H groups in total. The molecule has 0 aliphatic carbocycles. The zero-order valence-corrected chi connectivity index (χ0v) is 13.7. The molecule has 0 saturated heterocycles. The summed E-state index contributed by atoms with van der Waals surface area (Å²) in [5, 5.41) is 21.9. The van der Waals surface area contributed by atoms with Gasteiger partial charge in [-0.1, -0.05) is 6.07 Å². The molecular formula is C15H22FNO4S. The van der Waals surface area contributed by atoms with E-state index in [1.54, 1.807) is 20.8 Å². The monoisotopic (exact) mass is 331 g/mol. The van der Waals surface area contributed by atoms with Gasteiger partial charge in [-0.05, 0) is 50.6 Å². The number of nitrogens with one attached hydrogen (secondary N) is 1. The maximum absolute atomic E-state index is 14.0. The number of thiol groups is 1. The second-order valence-electron chi connectivity index (χ2n) is 5.89. The highest BCUT2D eigenvalue weighted by Gasteiger charge is 2.20. The maximum atomic E-state index is 14.0. The van der Waals surface area contributed by atoms with E-state index in [1.165, 1.54) is 12.1 Å². The van der Waals surface area contributed by atoms with Gasteiger partial charge in [-0.3, -0.25) is 5.32 Å². The van der Waals surface area contributed by atoms with Crippen LogP contribution in [0.25, 0.3) is 0 Å². The van der Waals surface area contributed by atoms with Crippen molar-refractivity contribution in [2.75, 3.05) is 11.1 Å². The number of carbonyl (C=O) groups is 1. The summed E-state index contributed by atoms with van der Waals surface area (Å²) in [4.78, 5) is 11.6. The van der Waals surface area contributed by atoms with Gasteiger partial charge in [0.2, 0.25) is 0 Å². The molecule has 124 valence electrons. The normalized spacial score (nSPS) is 14.3. The summed E-state index contributed by atoms with van der Waals surface area (Å²) >= 11 is 3.97. The lowest BCUT2D eigenvalue weighted by Gasteiger charge is -2.20. The molecule has 5 nitrogen and oxygen atoms in total. The molecule has 2 atom stereocenters. The van der Waals surface area contributed by atoms with E-state index in [0.717, 1.165) is 6.07 Å². The van der Waals surface area contributed by atoms with Gasteiger partial charge in [-0.15, -0.1) is 0 Å². The lowest BCUT2D eigenvalue weighted by molar-refractivity contribution is 0.0171. The summed E-state index contributed by atoms with van der Waals surface area (Å²) in [6, 6.07) is 3.81. The van der Waals surface area contributed by atoms with Crippen molar-refractivity contribution in [3.63, 3.8) is 0 Å². The average Bonchev–Trinajstić information content (AvgIpc) is 2.38. The van der Waals surface area contributed by atoms with Gasteiger partial charge in [0.25, 0.3) is 0 Å². The van der Waals surface area contributed by atoms with Crippen molar-refractivity contribution in [1.82, 2.24) is 0 Å². The van der Waals surface area contributed by atoms with Crippen LogP contribution in [0.3, 0.4) is 0 Å². The van der Waals surface area contributed by atoms with Crippen LogP contribution in [0.4, 0.5) is 14.9 Å². The van der Waals surface area contributed by atoms with Crippen LogP contribution in [-0.4, -0.2) is 33.8 Å². The van der Waals surface area contributed by atoms with Crippen molar-refractivity contribution in [2.24, 2.45) is 0 Å². The first kappa shape index (κ1) is 18.7. The van der Waals surface area contributed by atoms with Gasteiger partial charge in [-0.25, -0.2) is 9.18 Å². The molecule has 0 radical (unpaired) electrons. The molecule has 0 fully saturated rings. The fourth-order valence-corrected chi connectivity index (χ4v) is 2.01. The van der Waals surface area contributed by atoms with Gasteiger partial charge < -0.3 is 14.9 Å². The smallest absolute Gasteiger partial charge is 0.412 e. The minimum Gasteiger partial charge on any atom is -0.444 e. The van der Waals surface area contributed by atoms with Crippen LogP contribution < -0.4 is 5.32 Å². The van der Waals surface area contributed by atoms with E-state index in [0.29, 0.717) is 5.75 Å². The van der Waals surface area contributed by atoms with Crippen LogP contribution >= 0.6 is 12.6 Å². The highest BCUT2D eigenvalue weighted by molar-refractivity contribution is 7.80. The number of anilines is 1. The third-order valence-electron chi connectivity index (χ3n) is 2.76. The molecule has 0 spiro atoms. The van der Waals surface area contributed by atoms with Crippen molar-refractivity contribution in [3.05, 3.63) is 29.6 Å². The van der Waals surface area contributed by atoms with Crippen molar-refractivity contribution in [1.29, 1.82) is 0 Å². The fourth-order valence-electron chi connectivity index (χ4n) is 1.74. The number of aliphatic hydroxyl groups excluding tert-OH is 2. The van der Waals surface area contributed by atoms with Gasteiger partial charge in [0.15, 0.2) is 0 Å². The third kappa shape index (κ3) is 5.82. The van der Waals surface area contributed by atoms with Crippen LogP contribution in [-0.2, 0) is 4.74 Å². The molecule has 22 heavy (non-hydrogen) atoms. The van der Waals surface area contributed by atoms with Gasteiger partial charge >= 0.3 is 6.09 Å². The standard InChI is InChI=1S/C15H22FNO4S/c1-15(2,3)21-14(20)17-11-5-4-9(8-10(11)16)13(19)12(18)6-7-22/h4-5,8,12-13,18-19,22H,6-7H2,1-3H3,(H,17,20). The SMILES string of the molecule is CC(C)(C)OC(=O)Nc1ccc(C(O)C(O)CCS)cc1F. The highest BCUT2D eigenvalue weighted by atomic mass is 32.1. The summed E-state index contributed by atoms with van der Waals surface area (Å²) in [6.45, 7) is 5.10. The summed E-state index contributed by atoms with van der Waals surface area (Å²) in [6.07, 6.45) is -2.72. The molecule has 1 aromatic rings. The van der Waals surface area contributed by atoms with Crippen molar-refractivity contribution in [3.8, 4) is 0 Å². The first-order valence-electron chi connectivity index (χ1n) is 6.90. The van der Waals surface area contributed by atoms with E-state index in [1.807, 2.05) is 0 Å². The summed E-state index contributed by atoms with van der Waals surface area (Å²) in [7, 11) is 0. The third-order valence-corrected chi connectivity index (χ3v) is 3.02. The van der Waals surface area contributed by atoms with Crippen molar-refractivity contribution >= 4 is 24.4 Å². The number of ether oxygens (including phenoxy) is 1. The summed E-state index contributed by atoms with van der Waals surface area (Å²) in [5.74, 6) is -0.320. The van der Waals surface area contributed by atoms with Gasteiger partial charge in [0.1, 0.15) is 17.5 Å². The van der Waals surface area contributed by atoms with Gasteiger partial charge in [0.05, 0.1) is 11.8 Å². The Labute approximate surface area is 134 Å². The minimum absolute atomic E-state index is 0.0612. The maximum Gasteiger partial charge on any atom is 0.412 e. The first-order chi connectivity index (χ1) is 10.1. The molecule has 1 aromatic carbocycles. The van der Waals surface area contributed by atoms with E-state index >= 15 is 0 Å². The Bertz CT molecular complexity index is 519. The van der Waals surface area contributed by atoms with Crippen molar-refractivity contribution in [2.45, 2.75) is 45.0 Å². The second kappa shape index (κ2) is 7.80. The molecule has 0 heterocycles. The Hall–Kier alpha value is -1.31. The summed E-state index contributed by atoms with van der Waals surface area (Å²) in [5.41, 5.74) is -0.524. The predicted octanol–water partition coefficient (Wildman–Crippen LogP) is 2.89. The number of halogens is 1. The van der Waals surface area contributed by atoms with Gasteiger partial charge in [-0.2, -0.15) is 12.6 Å². The zero-order valence-electron chi connectivity index (χ0n) is 12.8. The molecule has 2 unspecified atom stereocenters. The lowest BCUT2D eigenvalue weighted by Crippen LogP contribution is -2.27. The molecule has 1 rings (SSSR count). The Morgan fingerprint density at radius 1 is 1.41 bits per heavy atom. The molecule has 7 heteroatoms. The van der Waals surface area contributed by atoms with E-state index in [2.05, 4.69) is 17.9 Å². The molecule has 0 bridgehead atoms. The van der Waals surface area contributed by atoms with Crippen LogP contribution in [0, 0.1) is 5.82 Å². The van der Waals surface area contributed by atoms with Crippen molar-refractivity contribution < 1.29 is 24.1 Å². The summed E-state index contributed by atoms with van der Waals surface area (Å²) < 4.78 is 19.0. The number of aliphatic hydroxyl groups is 2. The molecule has 0 aromatic heterocycles. The van der Waals surface area contributed by atoms with E-state index in [4.69, 9.17) is 4.74 Å². The van der Waals surface area contributed by atoms with Gasteiger partial charge in [0, 0.05) is 0 Å². The number of hydrogen-bond donors (Lipinski definition) is 4. The number of amides is 1. The molecule has 0 aliphatic heterocycles. The van der Waals surface area contributed by atoms with E-state index < -0.39 is 29.7 Å². The first-order valence-corrected chi connectivity index (χ1v) is 7.53. The average molecular weight is 331 g/mol. The van der Waals surface area contributed by atoms with Crippen LogP contribution in [0.15, 0.2) is 18.2 Å². The number of rotatable bonds is 5. The number of hydrogen-bond acceptors (Lipinski definition) is 5. The van der Waals surface area contributed by atoms with Crippen LogP contribution in [0.2, 0.25) is 0 Å². The Balaban J connectivity index is 2.79. The Morgan fingerprint density at radius 2 is 2.05 bits per heavy atom. The molecule has 0 saturated carbocycles. The van der Waals surface area contributed by atoms with E-state index in [-0.39, 0.29) is 17.7 Å². The Kier molecular flexibility index (Phi) is 6.65. The fraction of sp³-hybridized carbons (Fsp3) is 0.533. The quantitative estimate of drug-likeness (QED) is 0.626. The lowest BCUT2D eigenvalue weighted by atomic mass is 10.0. The highest BCUT2D eigenvalue weighted by Crippen LogP contribution is 2.24. The van der Waals surface area contributed by atoms with E-state index in [9.17, 15) is 19.4 Å². The molecular weight excluding hydrogens is 309 g/mol. The molecule has 1 amide bonds. The second-order valence-corrected chi connectivity index (χ2v) is 6.34. The largest absolute Gasteiger partial charge is 0.444 e. The number of benzene rings is 1. The van der Waals surface area contributed by atoms with Crippen LogP contribution in [0.1, 0.15) is 38.9 Å². The topological polar surface area (TPSA) is 78.8 Å².